The second-order valence-electron chi connectivity index (χ2n) is 6.15. The summed E-state index contributed by atoms with van der Waals surface area (Å²) >= 11 is 2.01. The molecule has 1 atom stereocenters. The van der Waals surface area contributed by atoms with Crippen molar-refractivity contribution in [3.05, 3.63) is 21.4 Å². The molecule has 0 amide bonds. The molecule has 0 saturated heterocycles. The Kier molecular flexibility index (Phi) is 4.05. The van der Waals surface area contributed by atoms with E-state index in [0.29, 0.717) is 6.04 Å². The fourth-order valence-corrected chi connectivity index (χ4v) is 4.87. The van der Waals surface area contributed by atoms with Crippen LogP contribution in [0.25, 0.3) is 0 Å². The zero-order valence-electron chi connectivity index (χ0n) is 11.3. The third-order valence-corrected chi connectivity index (χ3v) is 6.06. The van der Waals surface area contributed by atoms with Gasteiger partial charge in [0.15, 0.2) is 0 Å². The molecule has 100 valence electrons. The van der Waals surface area contributed by atoms with Crippen LogP contribution >= 0.6 is 11.3 Å². The van der Waals surface area contributed by atoms with E-state index in [0.717, 1.165) is 5.92 Å². The minimum atomic E-state index is 0.309. The first-order valence-electron chi connectivity index (χ1n) is 7.70. The van der Waals surface area contributed by atoms with E-state index in [2.05, 4.69) is 6.07 Å². The maximum absolute atomic E-state index is 6.45. The number of fused-ring (bicyclic) bond motifs is 1. The molecule has 1 nitrogen and oxygen atoms in total. The summed E-state index contributed by atoms with van der Waals surface area (Å²) in [6.45, 7) is 0. The Morgan fingerprint density at radius 2 is 1.89 bits per heavy atom. The Labute approximate surface area is 115 Å². The molecule has 1 fully saturated rings. The average Bonchev–Trinajstić information content (AvgIpc) is 2.84. The number of aryl methyl sites for hydroxylation is 2. The van der Waals surface area contributed by atoms with E-state index in [1.165, 1.54) is 69.1 Å². The summed E-state index contributed by atoms with van der Waals surface area (Å²) in [6.07, 6.45) is 13.7. The van der Waals surface area contributed by atoms with E-state index in [9.17, 15) is 0 Å². The molecule has 0 aromatic carbocycles. The summed E-state index contributed by atoms with van der Waals surface area (Å²) in [5.74, 6) is 0.896. The maximum Gasteiger partial charge on any atom is 0.0392 e. The van der Waals surface area contributed by atoms with Crippen molar-refractivity contribution in [2.45, 2.75) is 70.3 Å². The van der Waals surface area contributed by atoms with Gasteiger partial charge in [0.1, 0.15) is 0 Å². The highest BCUT2D eigenvalue weighted by atomic mass is 32.1. The highest BCUT2D eigenvalue weighted by Gasteiger charge is 2.21. The van der Waals surface area contributed by atoms with Gasteiger partial charge in [-0.1, -0.05) is 32.1 Å². The highest BCUT2D eigenvalue weighted by Crippen LogP contribution is 2.36. The topological polar surface area (TPSA) is 26.0 Å². The Hall–Kier alpha value is -0.340. The molecular formula is C16H25NS. The first-order chi connectivity index (χ1) is 8.83. The van der Waals surface area contributed by atoms with Crippen molar-refractivity contribution in [3.63, 3.8) is 0 Å². The van der Waals surface area contributed by atoms with Crippen LogP contribution in [0.3, 0.4) is 0 Å². The fourth-order valence-electron chi connectivity index (χ4n) is 3.59. The van der Waals surface area contributed by atoms with Gasteiger partial charge in [-0.2, -0.15) is 0 Å². The Balaban J connectivity index is 1.64. The second kappa shape index (κ2) is 5.75. The van der Waals surface area contributed by atoms with Crippen LogP contribution in [0.4, 0.5) is 0 Å². The normalized spacial score (nSPS) is 22.7. The molecule has 2 aliphatic carbocycles. The van der Waals surface area contributed by atoms with Crippen LogP contribution in [-0.4, -0.2) is 0 Å². The van der Waals surface area contributed by atoms with E-state index < -0.39 is 0 Å². The lowest BCUT2D eigenvalue weighted by molar-refractivity contribution is 0.320. The Bertz CT molecular complexity index is 366. The van der Waals surface area contributed by atoms with E-state index in [-0.39, 0.29) is 0 Å². The predicted molar refractivity (Wildman–Crippen MR) is 79.1 cm³/mol. The molecule has 3 rings (SSSR count). The quantitative estimate of drug-likeness (QED) is 0.847. The van der Waals surface area contributed by atoms with Crippen molar-refractivity contribution in [1.82, 2.24) is 0 Å². The molecule has 2 aliphatic rings. The number of rotatable bonds is 3. The zero-order chi connectivity index (χ0) is 12.4. The summed E-state index contributed by atoms with van der Waals surface area (Å²) in [5.41, 5.74) is 8.06. The van der Waals surface area contributed by atoms with Crippen LogP contribution < -0.4 is 5.73 Å². The zero-order valence-corrected chi connectivity index (χ0v) is 12.1. The van der Waals surface area contributed by atoms with Crippen LogP contribution in [0.1, 0.15) is 72.7 Å². The van der Waals surface area contributed by atoms with E-state index in [1.807, 2.05) is 11.3 Å². The lowest BCUT2D eigenvalue weighted by atomic mass is 9.84. The second-order valence-corrected chi connectivity index (χ2v) is 7.32. The van der Waals surface area contributed by atoms with Gasteiger partial charge < -0.3 is 5.73 Å². The standard InChI is InChI=1S/C16H25NS/c17-14(10-12-6-2-1-3-7-12)16-11-13-8-4-5-9-15(13)18-16/h11-12,14H,1-10,17H2. The molecule has 1 unspecified atom stereocenters. The minimum Gasteiger partial charge on any atom is -0.323 e. The first-order valence-corrected chi connectivity index (χ1v) is 8.51. The Morgan fingerprint density at radius 3 is 2.67 bits per heavy atom. The molecule has 1 heterocycles. The number of nitrogens with two attached hydrogens (primary N) is 1. The van der Waals surface area contributed by atoms with Crippen LogP contribution in [0.5, 0.6) is 0 Å². The summed E-state index contributed by atoms with van der Waals surface area (Å²) in [6, 6.07) is 2.73. The molecule has 1 aromatic heterocycles. The van der Waals surface area contributed by atoms with Crippen molar-refractivity contribution in [2.75, 3.05) is 0 Å². The molecule has 0 spiro atoms. The molecule has 2 heteroatoms. The summed E-state index contributed by atoms with van der Waals surface area (Å²) in [7, 11) is 0. The van der Waals surface area contributed by atoms with Crippen molar-refractivity contribution in [2.24, 2.45) is 11.7 Å². The van der Waals surface area contributed by atoms with Crippen LogP contribution in [0.2, 0.25) is 0 Å². The predicted octanol–water partition coefficient (Wildman–Crippen LogP) is 4.60. The summed E-state index contributed by atoms with van der Waals surface area (Å²) in [5, 5.41) is 0. The van der Waals surface area contributed by atoms with Crippen LogP contribution in [0.15, 0.2) is 6.07 Å². The van der Waals surface area contributed by atoms with Crippen molar-refractivity contribution in [1.29, 1.82) is 0 Å². The first kappa shape index (κ1) is 12.7. The van der Waals surface area contributed by atoms with Gasteiger partial charge in [-0.3, -0.25) is 0 Å². The monoisotopic (exact) mass is 263 g/mol. The van der Waals surface area contributed by atoms with Crippen molar-refractivity contribution in [3.8, 4) is 0 Å². The third kappa shape index (κ3) is 2.80. The molecule has 0 bridgehead atoms. The van der Waals surface area contributed by atoms with Crippen LogP contribution in [-0.2, 0) is 12.8 Å². The lowest BCUT2D eigenvalue weighted by Gasteiger charge is -2.24. The highest BCUT2D eigenvalue weighted by molar-refractivity contribution is 7.12. The van der Waals surface area contributed by atoms with Gasteiger partial charge in [0.05, 0.1) is 0 Å². The smallest absolute Gasteiger partial charge is 0.0392 e. The molecule has 1 saturated carbocycles. The molecule has 0 aliphatic heterocycles. The van der Waals surface area contributed by atoms with E-state index in [1.54, 1.807) is 10.4 Å². The number of hydrogen-bond acceptors (Lipinski definition) is 2. The molecular weight excluding hydrogens is 238 g/mol. The summed E-state index contributed by atoms with van der Waals surface area (Å²) < 4.78 is 0. The maximum atomic E-state index is 6.45. The van der Waals surface area contributed by atoms with E-state index in [4.69, 9.17) is 5.73 Å². The molecule has 0 radical (unpaired) electrons. The third-order valence-electron chi connectivity index (χ3n) is 4.69. The largest absolute Gasteiger partial charge is 0.323 e. The van der Waals surface area contributed by atoms with Gasteiger partial charge in [-0.25, -0.2) is 0 Å². The van der Waals surface area contributed by atoms with Crippen LogP contribution in [0, 0.1) is 5.92 Å². The Morgan fingerprint density at radius 1 is 1.11 bits per heavy atom. The van der Waals surface area contributed by atoms with Gasteiger partial charge in [0.2, 0.25) is 0 Å². The van der Waals surface area contributed by atoms with Gasteiger partial charge in [0, 0.05) is 15.8 Å². The minimum absolute atomic E-state index is 0.309. The molecule has 18 heavy (non-hydrogen) atoms. The van der Waals surface area contributed by atoms with Gasteiger partial charge >= 0.3 is 0 Å². The average molecular weight is 263 g/mol. The SMILES string of the molecule is NC(CC1CCCCC1)c1cc2c(s1)CCCC2. The number of thiophene rings is 1. The molecule has 1 aromatic rings. The van der Waals surface area contributed by atoms with E-state index >= 15 is 0 Å². The van der Waals surface area contributed by atoms with Gasteiger partial charge in [-0.15, -0.1) is 11.3 Å². The fraction of sp³-hybridized carbons (Fsp3) is 0.750. The van der Waals surface area contributed by atoms with Crippen molar-refractivity contribution < 1.29 is 0 Å². The van der Waals surface area contributed by atoms with Gasteiger partial charge in [0.25, 0.3) is 0 Å². The lowest BCUT2D eigenvalue weighted by Crippen LogP contribution is -2.16. The molecule has 2 N–H and O–H groups in total. The summed E-state index contributed by atoms with van der Waals surface area (Å²) in [4.78, 5) is 3.10. The number of hydrogen-bond donors (Lipinski definition) is 1. The van der Waals surface area contributed by atoms with Crippen molar-refractivity contribution >= 4 is 11.3 Å². The van der Waals surface area contributed by atoms with Gasteiger partial charge in [-0.05, 0) is 49.7 Å².